The van der Waals surface area contributed by atoms with Gasteiger partial charge in [-0.3, -0.25) is 0 Å². The molecule has 4 rings (SSSR count). The quantitative estimate of drug-likeness (QED) is 0.580. The van der Waals surface area contributed by atoms with Gasteiger partial charge < -0.3 is 0 Å². The highest BCUT2D eigenvalue weighted by atomic mass is 19.2. The maximum absolute atomic E-state index is 13.9. The van der Waals surface area contributed by atoms with E-state index in [2.05, 4.69) is 4.98 Å². The zero-order valence-corrected chi connectivity index (χ0v) is 12.3. The van der Waals surface area contributed by atoms with Gasteiger partial charge in [-0.2, -0.15) is 0 Å². The number of aromatic nitrogens is 1. The van der Waals surface area contributed by atoms with Gasteiger partial charge >= 0.3 is 0 Å². The Balaban J connectivity index is 1.87. The largest absolute Gasteiger partial charge is 0.248 e. The topological polar surface area (TPSA) is 12.9 Å². The minimum Gasteiger partial charge on any atom is -0.248 e. The van der Waals surface area contributed by atoms with Crippen molar-refractivity contribution in [2.24, 2.45) is 0 Å². The second-order valence-electron chi connectivity index (χ2n) is 5.73. The van der Waals surface area contributed by atoms with Crippen LogP contribution in [0.5, 0.6) is 0 Å². The summed E-state index contributed by atoms with van der Waals surface area (Å²) in [7, 11) is 0. The zero-order chi connectivity index (χ0) is 16.1. The first kappa shape index (κ1) is 14.0. The average Bonchev–Trinajstić information content (AvgIpc) is 2.96. The molecule has 0 saturated heterocycles. The maximum Gasteiger partial charge on any atom is 0.194 e. The fraction of sp³-hybridized carbons (Fsp3) is 0.105. The van der Waals surface area contributed by atoms with Gasteiger partial charge in [-0.05, 0) is 43.2 Å². The Morgan fingerprint density at radius 2 is 1.78 bits per heavy atom. The number of hydrogen-bond donors (Lipinski definition) is 0. The number of rotatable bonds is 1. The number of pyridine rings is 1. The Morgan fingerprint density at radius 1 is 0.957 bits per heavy atom. The summed E-state index contributed by atoms with van der Waals surface area (Å²) in [6.07, 6.45) is 2.00. The molecular weight excluding hydrogens is 299 g/mol. The Labute approximate surface area is 131 Å². The fourth-order valence-electron chi connectivity index (χ4n) is 3.02. The summed E-state index contributed by atoms with van der Waals surface area (Å²) in [6.45, 7) is 2.00. The van der Waals surface area contributed by atoms with Gasteiger partial charge in [-0.25, -0.2) is 18.2 Å². The van der Waals surface area contributed by atoms with Crippen LogP contribution in [0.2, 0.25) is 0 Å². The predicted molar refractivity (Wildman–Crippen MR) is 83.6 cm³/mol. The molecule has 0 unspecified atom stereocenters. The van der Waals surface area contributed by atoms with E-state index in [1.807, 2.05) is 37.3 Å². The van der Waals surface area contributed by atoms with Gasteiger partial charge in [0, 0.05) is 16.5 Å². The molecule has 0 spiro atoms. The second kappa shape index (κ2) is 4.95. The first-order valence-corrected chi connectivity index (χ1v) is 7.29. The molecule has 0 N–H and O–H groups in total. The number of allylic oxidation sites excluding steroid dienone is 1. The van der Waals surface area contributed by atoms with E-state index in [-0.39, 0.29) is 12.0 Å². The summed E-state index contributed by atoms with van der Waals surface area (Å²) in [5.74, 6) is -3.70. The van der Waals surface area contributed by atoms with Gasteiger partial charge in [0.2, 0.25) is 0 Å². The molecule has 1 aromatic heterocycles. The first-order chi connectivity index (χ1) is 11.0. The number of hydrogen-bond acceptors (Lipinski definition) is 1. The Bertz CT molecular complexity index is 990. The van der Waals surface area contributed by atoms with Crippen molar-refractivity contribution in [3.05, 3.63) is 82.3 Å². The SMILES string of the molecule is Cc1ccc2nc(C3=CCc4c3cc(F)c(F)c4F)ccc2c1. The Hall–Kier alpha value is -2.62. The van der Waals surface area contributed by atoms with E-state index >= 15 is 0 Å². The molecule has 0 amide bonds. The van der Waals surface area contributed by atoms with Crippen LogP contribution >= 0.6 is 0 Å². The van der Waals surface area contributed by atoms with Crippen molar-refractivity contribution in [2.75, 3.05) is 0 Å². The van der Waals surface area contributed by atoms with Crippen LogP contribution in [0.15, 0.2) is 42.5 Å². The van der Waals surface area contributed by atoms with Gasteiger partial charge in [0.05, 0.1) is 11.2 Å². The molecule has 23 heavy (non-hydrogen) atoms. The van der Waals surface area contributed by atoms with Crippen LogP contribution in [0.25, 0.3) is 16.5 Å². The summed E-state index contributed by atoms with van der Waals surface area (Å²) < 4.78 is 40.8. The molecule has 1 nitrogen and oxygen atoms in total. The highest BCUT2D eigenvalue weighted by molar-refractivity contribution is 5.87. The number of nitrogens with zero attached hydrogens (tertiary/aromatic N) is 1. The van der Waals surface area contributed by atoms with Crippen LogP contribution < -0.4 is 0 Å². The normalized spacial score (nSPS) is 13.3. The summed E-state index contributed by atoms with van der Waals surface area (Å²) in [6, 6.07) is 10.7. The van der Waals surface area contributed by atoms with E-state index in [0.717, 1.165) is 22.5 Å². The number of aryl methyl sites for hydroxylation is 1. The third-order valence-electron chi connectivity index (χ3n) is 4.18. The van der Waals surface area contributed by atoms with Gasteiger partial charge in [-0.15, -0.1) is 0 Å². The molecule has 4 heteroatoms. The lowest BCUT2D eigenvalue weighted by Crippen LogP contribution is -2.00. The van der Waals surface area contributed by atoms with Crippen molar-refractivity contribution in [1.29, 1.82) is 0 Å². The van der Waals surface area contributed by atoms with E-state index in [1.54, 1.807) is 6.08 Å². The lowest BCUT2D eigenvalue weighted by molar-refractivity contribution is 0.442. The number of benzene rings is 2. The van der Waals surface area contributed by atoms with Crippen LogP contribution in [0.4, 0.5) is 13.2 Å². The van der Waals surface area contributed by atoms with Crippen LogP contribution in [0, 0.1) is 24.4 Å². The molecule has 2 aromatic carbocycles. The molecule has 1 aliphatic rings. The lowest BCUT2D eigenvalue weighted by atomic mass is 10.0. The van der Waals surface area contributed by atoms with Gasteiger partial charge in [0.1, 0.15) is 0 Å². The highest BCUT2D eigenvalue weighted by Gasteiger charge is 2.25. The van der Waals surface area contributed by atoms with E-state index < -0.39 is 17.5 Å². The van der Waals surface area contributed by atoms with Gasteiger partial charge in [0.15, 0.2) is 17.5 Å². The van der Waals surface area contributed by atoms with Crippen molar-refractivity contribution >= 4 is 16.5 Å². The van der Waals surface area contributed by atoms with Crippen molar-refractivity contribution < 1.29 is 13.2 Å². The third-order valence-corrected chi connectivity index (χ3v) is 4.18. The summed E-state index contributed by atoms with van der Waals surface area (Å²) in [4.78, 5) is 4.57. The van der Waals surface area contributed by atoms with E-state index in [4.69, 9.17) is 0 Å². The molecule has 1 heterocycles. The zero-order valence-electron chi connectivity index (χ0n) is 12.3. The van der Waals surface area contributed by atoms with Gasteiger partial charge in [-0.1, -0.05) is 23.8 Å². The Morgan fingerprint density at radius 3 is 2.61 bits per heavy atom. The smallest absolute Gasteiger partial charge is 0.194 e. The standard InChI is InChI=1S/C19H12F3N/c1-10-2-6-16-11(8-10)3-7-17(23-16)12-4-5-13-14(12)9-15(20)19(22)18(13)21/h2-4,6-9H,5H2,1H3. The number of halogens is 3. The second-order valence-corrected chi connectivity index (χ2v) is 5.73. The average molecular weight is 311 g/mol. The first-order valence-electron chi connectivity index (χ1n) is 7.29. The summed E-state index contributed by atoms with van der Waals surface area (Å²) >= 11 is 0. The predicted octanol–water partition coefficient (Wildman–Crippen LogP) is 4.95. The van der Waals surface area contributed by atoms with Crippen molar-refractivity contribution in [3.63, 3.8) is 0 Å². The molecule has 114 valence electrons. The molecule has 0 saturated carbocycles. The van der Waals surface area contributed by atoms with Gasteiger partial charge in [0.25, 0.3) is 0 Å². The molecule has 1 aliphatic carbocycles. The van der Waals surface area contributed by atoms with Crippen LogP contribution in [0.1, 0.15) is 22.4 Å². The lowest BCUT2D eigenvalue weighted by Gasteiger charge is -2.09. The molecule has 3 aromatic rings. The van der Waals surface area contributed by atoms with Crippen LogP contribution in [-0.2, 0) is 6.42 Å². The third kappa shape index (κ3) is 2.13. The molecule has 0 fully saturated rings. The molecular formula is C19H12F3N. The highest BCUT2D eigenvalue weighted by Crippen LogP contribution is 2.35. The monoisotopic (exact) mass is 311 g/mol. The summed E-state index contributed by atoms with van der Waals surface area (Å²) in [5, 5.41) is 1.00. The fourth-order valence-corrected chi connectivity index (χ4v) is 3.02. The summed E-state index contributed by atoms with van der Waals surface area (Å²) in [5.41, 5.74) is 3.78. The maximum atomic E-state index is 13.9. The molecule has 0 radical (unpaired) electrons. The van der Waals surface area contributed by atoms with Crippen molar-refractivity contribution in [2.45, 2.75) is 13.3 Å². The van der Waals surface area contributed by atoms with E-state index in [1.165, 1.54) is 0 Å². The number of fused-ring (bicyclic) bond motifs is 2. The van der Waals surface area contributed by atoms with E-state index in [9.17, 15) is 13.2 Å². The van der Waals surface area contributed by atoms with Crippen molar-refractivity contribution in [3.8, 4) is 0 Å². The molecule has 0 atom stereocenters. The van der Waals surface area contributed by atoms with Crippen LogP contribution in [0.3, 0.4) is 0 Å². The molecule has 0 aliphatic heterocycles. The van der Waals surface area contributed by atoms with E-state index in [0.29, 0.717) is 16.8 Å². The minimum atomic E-state index is -1.42. The van der Waals surface area contributed by atoms with Crippen LogP contribution in [-0.4, -0.2) is 4.98 Å². The minimum absolute atomic E-state index is 0.185. The van der Waals surface area contributed by atoms with Crippen molar-refractivity contribution in [1.82, 2.24) is 4.98 Å². The molecule has 0 bridgehead atoms. The Kier molecular flexibility index (Phi) is 3.01.